The first-order valence-corrected chi connectivity index (χ1v) is 11.5. The second-order valence-corrected chi connectivity index (χ2v) is 8.47. The molecule has 13 nitrogen and oxygen atoms in total. The number of rotatable bonds is 6. The second-order valence-electron chi connectivity index (χ2n) is 8.47. The highest BCUT2D eigenvalue weighted by Gasteiger charge is 2.21. The molecule has 0 radical (unpaired) electrons. The summed E-state index contributed by atoms with van der Waals surface area (Å²) in [6, 6.07) is 4.17. The molecule has 4 N–H and O–H groups in total. The summed E-state index contributed by atoms with van der Waals surface area (Å²) in [5.74, 6) is 1.06. The van der Waals surface area contributed by atoms with Crippen LogP contribution in [0.1, 0.15) is 24.1 Å². The molecule has 35 heavy (non-hydrogen) atoms. The highest BCUT2D eigenvalue weighted by molar-refractivity contribution is 5.57. The number of hydrogen-bond donors (Lipinski definition) is 4. The number of anilines is 2. The van der Waals surface area contributed by atoms with E-state index in [9.17, 15) is 9.90 Å². The van der Waals surface area contributed by atoms with Crippen LogP contribution in [0, 0.1) is 0 Å². The fourth-order valence-electron chi connectivity index (χ4n) is 3.96. The lowest BCUT2D eigenvalue weighted by atomic mass is 10.2. The molecule has 0 unspecified atom stereocenters. The first-order valence-electron chi connectivity index (χ1n) is 11.5. The minimum atomic E-state index is -0.501. The number of aromatic hydroxyl groups is 1. The molecule has 4 aromatic heterocycles. The van der Waals surface area contributed by atoms with Gasteiger partial charge < -0.3 is 25.0 Å². The molecule has 180 valence electrons. The van der Waals surface area contributed by atoms with Crippen LogP contribution in [0.4, 0.5) is 11.8 Å². The summed E-state index contributed by atoms with van der Waals surface area (Å²) in [5.41, 5.74) is 1.71. The number of hydrogen-bond acceptors (Lipinski definition) is 10. The van der Waals surface area contributed by atoms with Gasteiger partial charge in [0, 0.05) is 36.6 Å². The lowest BCUT2D eigenvalue weighted by molar-refractivity contribution is 0.122. The van der Waals surface area contributed by atoms with Crippen LogP contribution in [-0.2, 0) is 11.3 Å². The van der Waals surface area contributed by atoms with Gasteiger partial charge in [0.25, 0.3) is 5.62 Å². The maximum atomic E-state index is 11.5. The number of aromatic nitrogens is 7. The number of imidazole rings is 1. The van der Waals surface area contributed by atoms with E-state index in [0.717, 1.165) is 37.3 Å². The molecule has 1 aliphatic heterocycles. The Labute approximate surface area is 198 Å². The zero-order valence-electron chi connectivity index (χ0n) is 18.8. The number of morpholine rings is 1. The van der Waals surface area contributed by atoms with Gasteiger partial charge in [-0.1, -0.05) is 6.07 Å². The van der Waals surface area contributed by atoms with Crippen molar-refractivity contribution in [3.05, 3.63) is 57.1 Å². The Morgan fingerprint density at radius 3 is 2.89 bits per heavy atom. The average Bonchev–Trinajstić information content (AvgIpc) is 3.51. The normalized spacial score (nSPS) is 17.4. The number of fused-ring (bicyclic) bond motifs is 1. The third-order valence-corrected chi connectivity index (χ3v) is 5.87. The molecular formula is C22H24N10O3. The van der Waals surface area contributed by atoms with E-state index in [-0.39, 0.29) is 17.6 Å². The molecule has 0 aromatic carbocycles. The van der Waals surface area contributed by atoms with Crippen LogP contribution in [0.2, 0.25) is 0 Å². The SMILES string of the molecule is O=c1[nH]c(O)c(/C=c2\cnn3c(=NC4CC4)nc(NCc4cccnc4N4CCOCC4)nc23)[nH]1. The monoisotopic (exact) mass is 476 g/mol. The smallest absolute Gasteiger partial charge is 0.326 e. The highest BCUT2D eigenvalue weighted by Crippen LogP contribution is 2.22. The first kappa shape index (κ1) is 21.3. The van der Waals surface area contributed by atoms with Crippen LogP contribution in [0.15, 0.2) is 34.3 Å². The summed E-state index contributed by atoms with van der Waals surface area (Å²) in [4.78, 5) is 37.1. The van der Waals surface area contributed by atoms with E-state index in [2.05, 4.69) is 40.2 Å². The zero-order chi connectivity index (χ0) is 23.8. The van der Waals surface area contributed by atoms with Gasteiger partial charge in [-0.05, 0) is 25.0 Å². The standard InChI is InChI=1S/C22H24N10O3/c33-19-16(27-22(34)29-19)10-14-12-25-32-18(14)28-20(30-21(32)26-15-3-4-15)24-11-13-2-1-5-23-17(13)31-6-8-35-9-7-31/h1-2,5,10,12,15,33H,3-4,6-9,11H2,(H,24,26,30)(H2,27,29,34)/b14-10+. The van der Waals surface area contributed by atoms with Gasteiger partial charge in [0.2, 0.25) is 11.8 Å². The molecule has 0 bridgehead atoms. The van der Waals surface area contributed by atoms with Crippen molar-refractivity contribution in [2.45, 2.75) is 25.4 Å². The average molecular weight is 477 g/mol. The van der Waals surface area contributed by atoms with Crippen molar-refractivity contribution in [1.29, 1.82) is 0 Å². The molecule has 1 aliphatic carbocycles. The van der Waals surface area contributed by atoms with Crippen molar-refractivity contribution >= 4 is 23.5 Å². The molecule has 0 amide bonds. The van der Waals surface area contributed by atoms with E-state index in [4.69, 9.17) is 9.73 Å². The molecule has 2 fully saturated rings. The predicted octanol–water partition coefficient (Wildman–Crippen LogP) is -0.699. The number of aromatic amines is 2. The number of pyridine rings is 1. The van der Waals surface area contributed by atoms with Crippen molar-refractivity contribution in [1.82, 2.24) is 34.5 Å². The molecule has 0 atom stereocenters. The van der Waals surface area contributed by atoms with Crippen molar-refractivity contribution in [2.75, 3.05) is 36.5 Å². The Morgan fingerprint density at radius 2 is 2.11 bits per heavy atom. The molecular weight excluding hydrogens is 452 g/mol. The summed E-state index contributed by atoms with van der Waals surface area (Å²) < 4.78 is 7.04. The van der Waals surface area contributed by atoms with Crippen molar-refractivity contribution in [3.8, 4) is 5.88 Å². The molecule has 4 aromatic rings. The number of H-pyrrole nitrogens is 2. The number of nitrogens with zero attached hydrogens (tertiary/aromatic N) is 7. The van der Waals surface area contributed by atoms with E-state index in [1.165, 1.54) is 0 Å². The van der Waals surface area contributed by atoms with Crippen LogP contribution < -0.4 is 26.7 Å². The Kier molecular flexibility index (Phi) is 5.37. The van der Waals surface area contributed by atoms with E-state index >= 15 is 0 Å². The maximum Gasteiger partial charge on any atom is 0.326 e. The number of ether oxygens (including phenoxy) is 1. The molecule has 1 saturated carbocycles. The van der Waals surface area contributed by atoms with Crippen molar-refractivity contribution < 1.29 is 9.84 Å². The number of nitrogens with one attached hydrogen (secondary N) is 3. The molecule has 6 rings (SSSR count). The second kappa shape index (κ2) is 8.83. The predicted molar refractivity (Wildman–Crippen MR) is 126 cm³/mol. The van der Waals surface area contributed by atoms with Gasteiger partial charge in [0.1, 0.15) is 11.5 Å². The van der Waals surface area contributed by atoms with Crippen LogP contribution in [-0.4, -0.2) is 72.0 Å². The summed E-state index contributed by atoms with van der Waals surface area (Å²) in [5, 5.41) is 18.3. The van der Waals surface area contributed by atoms with E-state index in [0.29, 0.717) is 42.2 Å². The third-order valence-electron chi connectivity index (χ3n) is 5.87. The Bertz CT molecular complexity index is 1550. The minimum absolute atomic E-state index is 0.230. The zero-order valence-corrected chi connectivity index (χ0v) is 18.8. The van der Waals surface area contributed by atoms with E-state index in [1.54, 1.807) is 23.0 Å². The fraction of sp³-hybridized carbons (Fsp3) is 0.364. The van der Waals surface area contributed by atoms with Crippen LogP contribution in [0.3, 0.4) is 0 Å². The van der Waals surface area contributed by atoms with Gasteiger partial charge in [0.05, 0.1) is 25.5 Å². The van der Waals surface area contributed by atoms with Gasteiger partial charge in [-0.3, -0.25) is 4.98 Å². The highest BCUT2D eigenvalue weighted by atomic mass is 16.5. The Balaban J connectivity index is 1.37. The summed E-state index contributed by atoms with van der Waals surface area (Å²) in [6.07, 6.45) is 7.03. The maximum absolute atomic E-state index is 11.5. The van der Waals surface area contributed by atoms with Crippen molar-refractivity contribution in [3.63, 3.8) is 0 Å². The summed E-state index contributed by atoms with van der Waals surface area (Å²) in [7, 11) is 0. The molecule has 2 aliphatic rings. The lowest BCUT2D eigenvalue weighted by Crippen LogP contribution is -2.37. The van der Waals surface area contributed by atoms with Gasteiger partial charge >= 0.3 is 5.69 Å². The van der Waals surface area contributed by atoms with E-state index < -0.39 is 5.69 Å². The molecule has 1 saturated heterocycles. The topological polar surface area (TPSA) is 162 Å². The molecule has 5 heterocycles. The largest absolute Gasteiger partial charge is 0.493 e. The van der Waals surface area contributed by atoms with Crippen LogP contribution >= 0.6 is 0 Å². The molecule has 13 heteroatoms. The van der Waals surface area contributed by atoms with Gasteiger partial charge in [-0.25, -0.2) is 14.8 Å². The Morgan fingerprint density at radius 1 is 1.26 bits per heavy atom. The van der Waals surface area contributed by atoms with Crippen LogP contribution in [0.25, 0.3) is 11.7 Å². The van der Waals surface area contributed by atoms with Gasteiger partial charge in [0.15, 0.2) is 5.65 Å². The summed E-state index contributed by atoms with van der Waals surface area (Å²) >= 11 is 0. The summed E-state index contributed by atoms with van der Waals surface area (Å²) in [6.45, 7) is 3.41. The quantitative estimate of drug-likeness (QED) is 0.282. The lowest BCUT2D eigenvalue weighted by Gasteiger charge is -2.29. The minimum Gasteiger partial charge on any atom is -0.493 e. The van der Waals surface area contributed by atoms with E-state index in [1.807, 2.05) is 12.1 Å². The van der Waals surface area contributed by atoms with Crippen LogP contribution in [0.5, 0.6) is 5.88 Å². The van der Waals surface area contributed by atoms with Gasteiger partial charge in [-0.15, -0.1) is 0 Å². The van der Waals surface area contributed by atoms with Gasteiger partial charge in [-0.2, -0.15) is 19.6 Å². The third kappa shape index (κ3) is 4.45. The Hall–Kier alpha value is -4.26. The van der Waals surface area contributed by atoms with Crippen molar-refractivity contribution in [2.24, 2.45) is 4.99 Å². The fourth-order valence-corrected chi connectivity index (χ4v) is 3.96. The molecule has 0 spiro atoms. The first-order chi connectivity index (χ1) is 17.1.